The average molecular weight is 237 g/mol. The molecule has 2 bridgehead atoms. The summed E-state index contributed by atoms with van der Waals surface area (Å²) in [5, 5.41) is 12.7. The first-order valence-corrected chi connectivity index (χ1v) is 7.21. The number of aliphatic hydroxyl groups is 1. The van der Waals surface area contributed by atoms with Gasteiger partial charge in [-0.3, -0.25) is 4.79 Å². The van der Waals surface area contributed by atoms with E-state index < -0.39 is 0 Å². The van der Waals surface area contributed by atoms with E-state index in [4.69, 9.17) is 0 Å². The average Bonchev–Trinajstić information content (AvgIpc) is 3.05. The third-order valence-electron chi connectivity index (χ3n) is 5.33. The van der Waals surface area contributed by atoms with Gasteiger partial charge in [0.05, 0.1) is 0 Å². The van der Waals surface area contributed by atoms with Crippen molar-refractivity contribution >= 4 is 5.91 Å². The van der Waals surface area contributed by atoms with Gasteiger partial charge in [-0.25, -0.2) is 0 Å². The van der Waals surface area contributed by atoms with Crippen LogP contribution < -0.4 is 5.32 Å². The maximum Gasteiger partial charge on any atom is 0.223 e. The Kier molecular flexibility index (Phi) is 3.12. The molecule has 3 nitrogen and oxygen atoms in total. The van der Waals surface area contributed by atoms with Gasteiger partial charge in [0.2, 0.25) is 5.91 Å². The zero-order valence-electron chi connectivity index (χ0n) is 10.4. The van der Waals surface area contributed by atoms with Crippen molar-refractivity contribution in [3.8, 4) is 0 Å². The molecule has 3 saturated carbocycles. The molecule has 0 heterocycles. The summed E-state index contributed by atoms with van der Waals surface area (Å²) >= 11 is 0. The number of fused-ring (bicyclic) bond motifs is 2. The van der Waals surface area contributed by atoms with Crippen LogP contribution in [0.15, 0.2) is 0 Å². The van der Waals surface area contributed by atoms with Gasteiger partial charge in [0, 0.05) is 24.5 Å². The molecule has 1 amide bonds. The molecule has 3 heteroatoms. The predicted molar refractivity (Wildman–Crippen MR) is 65.3 cm³/mol. The van der Waals surface area contributed by atoms with Crippen molar-refractivity contribution in [2.24, 2.45) is 23.7 Å². The van der Waals surface area contributed by atoms with E-state index in [9.17, 15) is 9.90 Å². The molecule has 0 aromatic heterocycles. The van der Waals surface area contributed by atoms with Crippen molar-refractivity contribution in [1.29, 1.82) is 0 Å². The number of hydrogen-bond acceptors (Lipinski definition) is 2. The fourth-order valence-electron chi connectivity index (χ4n) is 4.37. The van der Waals surface area contributed by atoms with Gasteiger partial charge in [0.25, 0.3) is 0 Å². The summed E-state index contributed by atoms with van der Waals surface area (Å²) < 4.78 is 0. The van der Waals surface area contributed by atoms with Gasteiger partial charge in [-0.05, 0) is 43.9 Å². The van der Waals surface area contributed by atoms with Crippen LogP contribution in [0.5, 0.6) is 0 Å². The topological polar surface area (TPSA) is 49.3 Å². The van der Waals surface area contributed by atoms with Gasteiger partial charge in [-0.2, -0.15) is 0 Å². The van der Waals surface area contributed by atoms with E-state index in [1.54, 1.807) is 0 Å². The Balaban J connectivity index is 1.62. The first kappa shape index (κ1) is 11.5. The Morgan fingerprint density at radius 3 is 2.53 bits per heavy atom. The highest BCUT2D eigenvalue weighted by atomic mass is 16.3. The summed E-state index contributed by atoms with van der Waals surface area (Å²) in [6, 6.07) is 0.270. The quantitative estimate of drug-likeness (QED) is 0.785. The first-order chi connectivity index (χ1) is 8.29. The van der Waals surface area contributed by atoms with Crippen LogP contribution in [-0.4, -0.2) is 23.7 Å². The lowest BCUT2D eigenvalue weighted by atomic mass is 9.84. The van der Waals surface area contributed by atoms with E-state index in [2.05, 4.69) is 5.32 Å². The van der Waals surface area contributed by atoms with Crippen LogP contribution >= 0.6 is 0 Å². The second-order valence-electron chi connectivity index (χ2n) is 6.20. The van der Waals surface area contributed by atoms with Crippen LogP contribution in [0.1, 0.15) is 44.9 Å². The molecule has 0 aromatic carbocycles. The fraction of sp³-hybridized carbons (Fsp3) is 0.929. The van der Waals surface area contributed by atoms with Crippen LogP contribution in [0.4, 0.5) is 0 Å². The number of amides is 1. The molecular formula is C14H23NO2. The third-order valence-corrected chi connectivity index (χ3v) is 5.33. The molecule has 3 aliphatic carbocycles. The number of nitrogens with one attached hydrogen (secondary N) is 1. The number of aliphatic hydroxyl groups excluding tert-OH is 1. The van der Waals surface area contributed by atoms with Crippen LogP contribution in [0.2, 0.25) is 0 Å². The minimum atomic E-state index is 0.247. The van der Waals surface area contributed by atoms with Crippen molar-refractivity contribution in [2.45, 2.75) is 51.0 Å². The summed E-state index contributed by atoms with van der Waals surface area (Å²) in [5.74, 6) is 2.16. The SMILES string of the molecule is O=C(NC1C2CCC(C2)C1CO)C1CCCC1. The molecule has 3 rings (SSSR count). The molecule has 3 fully saturated rings. The third kappa shape index (κ3) is 1.99. The summed E-state index contributed by atoms with van der Waals surface area (Å²) in [6.45, 7) is 0.247. The maximum absolute atomic E-state index is 12.1. The van der Waals surface area contributed by atoms with Crippen LogP contribution in [0, 0.1) is 23.7 Å². The fourth-order valence-corrected chi connectivity index (χ4v) is 4.37. The van der Waals surface area contributed by atoms with E-state index in [1.165, 1.54) is 32.1 Å². The van der Waals surface area contributed by atoms with Gasteiger partial charge >= 0.3 is 0 Å². The Morgan fingerprint density at radius 1 is 1.12 bits per heavy atom. The zero-order chi connectivity index (χ0) is 11.8. The molecule has 96 valence electrons. The summed E-state index contributed by atoms with van der Waals surface area (Å²) in [6.07, 6.45) is 8.27. The monoisotopic (exact) mass is 237 g/mol. The largest absolute Gasteiger partial charge is 0.396 e. The molecule has 4 atom stereocenters. The van der Waals surface area contributed by atoms with Gasteiger partial charge in [-0.1, -0.05) is 12.8 Å². The second kappa shape index (κ2) is 4.60. The van der Waals surface area contributed by atoms with Crippen LogP contribution in [-0.2, 0) is 4.79 Å². The van der Waals surface area contributed by atoms with Gasteiger partial charge < -0.3 is 10.4 Å². The van der Waals surface area contributed by atoms with Crippen molar-refractivity contribution in [3.63, 3.8) is 0 Å². The van der Waals surface area contributed by atoms with Crippen molar-refractivity contribution in [2.75, 3.05) is 6.61 Å². The normalized spacial score (nSPS) is 41.0. The lowest BCUT2D eigenvalue weighted by Crippen LogP contribution is -2.47. The van der Waals surface area contributed by atoms with Crippen molar-refractivity contribution < 1.29 is 9.90 Å². The Labute approximate surface area is 103 Å². The summed E-state index contributed by atoms with van der Waals surface area (Å²) in [7, 11) is 0. The molecule has 4 unspecified atom stereocenters. The number of hydrogen-bond donors (Lipinski definition) is 2. The maximum atomic E-state index is 12.1. The van der Waals surface area contributed by atoms with E-state index in [1.807, 2.05) is 0 Å². The second-order valence-corrected chi connectivity index (χ2v) is 6.20. The first-order valence-electron chi connectivity index (χ1n) is 7.21. The van der Waals surface area contributed by atoms with E-state index in [-0.39, 0.29) is 24.5 Å². The number of rotatable bonds is 3. The number of carbonyl (C=O) groups is 1. The highest BCUT2D eigenvalue weighted by Crippen LogP contribution is 2.48. The van der Waals surface area contributed by atoms with E-state index in [0.717, 1.165) is 12.8 Å². The lowest BCUT2D eigenvalue weighted by Gasteiger charge is -2.31. The molecule has 0 aliphatic heterocycles. The standard InChI is InChI=1S/C14H23NO2/c16-8-12-10-5-6-11(7-10)13(12)15-14(17)9-3-1-2-4-9/h9-13,16H,1-8H2,(H,15,17). The lowest BCUT2D eigenvalue weighted by molar-refractivity contribution is -0.126. The molecule has 0 spiro atoms. The molecular weight excluding hydrogens is 214 g/mol. The molecule has 0 aromatic rings. The zero-order valence-corrected chi connectivity index (χ0v) is 10.4. The predicted octanol–water partition coefficient (Wildman–Crippen LogP) is 1.70. The number of carbonyl (C=O) groups excluding carboxylic acids is 1. The van der Waals surface area contributed by atoms with Crippen molar-refractivity contribution in [3.05, 3.63) is 0 Å². The Morgan fingerprint density at radius 2 is 1.82 bits per heavy atom. The van der Waals surface area contributed by atoms with E-state index in [0.29, 0.717) is 17.8 Å². The Hall–Kier alpha value is -0.570. The van der Waals surface area contributed by atoms with Gasteiger partial charge in [0.1, 0.15) is 0 Å². The smallest absolute Gasteiger partial charge is 0.223 e. The molecule has 2 N–H and O–H groups in total. The minimum Gasteiger partial charge on any atom is -0.396 e. The molecule has 3 aliphatic rings. The van der Waals surface area contributed by atoms with Crippen molar-refractivity contribution in [1.82, 2.24) is 5.32 Å². The highest BCUT2D eigenvalue weighted by molar-refractivity contribution is 5.79. The van der Waals surface area contributed by atoms with Crippen LogP contribution in [0.3, 0.4) is 0 Å². The van der Waals surface area contributed by atoms with Crippen LogP contribution in [0.25, 0.3) is 0 Å². The van der Waals surface area contributed by atoms with Gasteiger partial charge in [-0.15, -0.1) is 0 Å². The molecule has 17 heavy (non-hydrogen) atoms. The van der Waals surface area contributed by atoms with Gasteiger partial charge in [0.15, 0.2) is 0 Å². The Bertz CT molecular complexity index is 299. The molecule has 0 saturated heterocycles. The summed E-state index contributed by atoms with van der Waals surface area (Å²) in [4.78, 5) is 12.1. The van der Waals surface area contributed by atoms with E-state index >= 15 is 0 Å². The minimum absolute atomic E-state index is 0.247. The highest BCUT2D eigenvalue weighted by Gasteiger charge is 2.48. The summed E-state index contributed by atoms with van der Waals surface area (Å²) in [5.41, 5.74) is 0. The molecule has 0 radical (unpaired) electrons.